The van der Waals surface area contributed by atoms with E-state index in [1.54, 1.807) is 0 Å². The Labute approximate surface area is 130 Å². The Morgan fingerprint density at radius 3 is 2.33 bits per heavy atom. The van der Waals surface area contributed by atoms with Crippen molar-refractivity contribution >= 4 is 5.91 Å². The first-order valence-corrected chi connectivity index (χ1v) is 8.18. The van der Waals surface area contributed by atoms with Gasteiger partial charge in [0.2, 0.25) is 5.91 Å². The Morgan fingerprint density at radius 2 is 1.67 bits per heavy atom. The molecular formula is C16H34N2O3. The van der Waals surface area contributed by atoms with E-state index >= 15 is 0 Å². The van der Waals surface area contributed by atoms with E-state index in [9.17, 15) is 4.79 Å². The van der Waals surface area contributed by atoms with Crippen LogP contribution in [0.5, 0.6) is 0 Å². The molecule has 0 rings (SSSR count). The summed E-state index contributed by atoms with van der Waals surface area (Å²) in [6.45, 7) is 12.7. The van der Waals surface area contributed by atoms with Gasteiger partial charge in [-0.25, -0.2) is 0 Å². The van der Waals surface area contributed by atoms with E-state index in [0.717, 1.165) is 32.6 Å². The van der Waals surface area contributed by atoms with Crippen LogP contribution in [0.2, 0.25) is 0 Å². The van der Waals surface area contributed by atoms with Crippen LogP contribution in [0, 0.1) is 5.92 Å². The predicted octanol–water partition coefficient (Wildman–Crippen LogP) is 1.96. The maximum Gasteiger partial charge on any atom is 0.222 e. The monoisotopic (exact) mass is 302 g/mol. The molecule has 0 aliphatic heterocycles. The Morgan fingerprint density at radius 1 is 0.952 bits per heavy atom. The highest BCUT2D eigenvalue weighted by Crippen LogP contribution is 1.99. The van der Waals surface area contributed by atoms with Crippen molar-refractivity contribution in [1.29, 1.82) is 0 Å². The lowest BCUT2D eigenvalue weighted by Gasteiger charge is -2.09. The molecule has 0 heterocycles. The summed E-state index contributed by atoms with van der Waals surface area (Å²) in [5.41, 5.74) is 0. The van der Waals surface area contributed by atoms with Crippen LogP contribution in [0.15, 0.2) is 0 Å². The first kappa shape index (κ1) is 20.3. The van der Waals surface area contributed by atoms with Gasteiger partial charge < -0.3 is 20.1 Å². The fraction of sp³-hybridized carbons (Fsp3) is 0.938. The second-order valence-electron chi connectivity index (χ2n) is 5.97. The van der Waals surface area contributed by atoms with Gasteiger partial charge in [0.05, 0.1) is 13.2 Å². The predicted molar refractivity (Wildman–Crippen MR) is 86.5 cm³/mol. The summed E-state index contributed by atoms with van der Waals surface area (Å²) in [5, 5.41) is 6.16. The second kappa shape index (κ2) is 14.3. The fourth-order valence-corrected chi connectivity index (χ4v) is 1.60. The van der Waals surface area contributed by atoms with E-state index < -0.39 is 0 Å². The minimum atomic E-state index is 0.0565. The Balaban J connectivity index is 3.19. The highest BCUT2D eigenvalue weighted by atomic mass is 16.5. The maximum absolute atomic E-state index is 11.5. The van der Waals surface area contributed by atoms with Crippen molar-refractivity contribution in [3.05, 3.63) is 0 Å². The summed E-state index contributed by atoms with van der Waals surface area (Å²) < 4.78 is 10.9. The molecule has 0 aromatic rings. The summed E-state index contributed by atoms with van der Waals surface area (Å²) in [4.78, 5) is 11.5. The van der Waals surface area contributed by atoms with Crippen molar-refractivity contribution in [3.63, 3.8) is 0 Å². The van der Waals surface area contributed by atoms with Crippen molar-refractivity contribution in [2.24, 2.45) is 5.92 Å². The summed E-state index contributed by atoms with van der Waals surface area (Å²) in [5.74, 6) is 0.704. The number of carbonyl (C=O) groups is 1. The summed E-state index contributed by atoms with van der Waals surface area (Å²) in [6.07, 6.45) is 2.34. The van der Waals surface area contributed by atoms with E-state index in [-0.39, 0.29) is 5.91 Å². The largest absolute Gasteiger partial charge is 0.381 e. The van der Waals surface area contributed by atoms with E-state index in [0.29, 0.717) is 38.1 Å². The average molecular weight is 302 g/mol. The van der Waals surface area contributed by atoms with Crippen LogP contribution in [-0.2, 0) is 14.3 Å². The fourth-order valence-electron chi connectivity index (χ4n) is 1.60. The lowest BCUT2D eigenvalue weighted by Crippen LogP contribution is -2.28. The van der Waals surface area contributed by atoms with Crippen molar-refractivity contribution in [3.8, 4) is 0 Å². The third kappa shape index (κ3) is 17.3. The Kier molecular flexibility index (Phi) is 13.9. The molecule has 0 radical (unpaired) electrons. The molecule has 0 bridgehead atoms. The van der Waals surface area contributed by atoms with Gasteiger partial charge in [-0.1, -0.05) is 27.7 Å². The molecule has 0 atom stereocenters. The molecule has 0 fully saturated rings. The van der Waals surface area contributed by atoms with Gasteiger partial charge in [0.25, 0.3) is 0 Å². The Hall–Kier alpha value is -0.650. The van der Waals surface area contributed by atoms with Gasteiger partial charge in [-0.2, -0.15) is 0 Å². The van der Waals surface area contributed by atoms with Gasteiger partial charge in [-0.05, 0) is 18.8 Å². The van der Waals surface area contributed by atoms with Crippen LogP contribution in [0.25, 0.3) is 0 Å². The van der Waals surface area contributed by atoms with Crippen LogP contribution >= 0.6 is 0 Å². The van der Waals surface area contributed by atoms with Crippen LogP contribution in [0.1, 0.15) is 47.0 Å². The smallest absolute Gasteiger partial charge is 0.222 e. The molecule has 0 saturated carbocycles. The zero-order valence-electron chi connectivity index (χ0n) is 14.2. The van der Waals surface area contributed by atoms with Crippen molar-refractivity contribution in [2.45, 2.75) is 53.0 Å². The highest BCUT2D eigenvalue weighted by Gasteiger charge is 2.01. The van der Waals surface area contributed by atoms with Gasteiger partial charge in [0.15, 0.2) is 0 Å². The number of hydrogen-bond acceptors (Lipinski definition) is 4. The van der Waals surface area contributed by atoms with Crippen molar-refractivity contribution < 1.29 is 14.3 Å². The number of carbonyl (C=O) groups excluding carboxylic acids is 1. The third-order valence-electron chi connectivity index (χ3n) is 2.90. The summed E-state index contributed by atoms with van der Waals surface area (Å²) in [6, 6.07) is 0.496. The van der Waals surface area contributed by atoms with Gasteiger partial charge in [0, 0.05) is 38.8 Å². The molecule has 0 saturated heterocycles. The molecule has 2 N–H and O–H groups in total. The van der Waals surface area contributed by atoms with E-state index in [1.165, 1.54) is 0 Å². The Bertz CT molecular complexity index is 246. The molecule has 0 aromatic heterocycles. The highest BCUT2D eigenvalue weighted by molar-refractivity contribution is 5.75. The van der Waals surface area contributed by atoms with Crippen LogP contribution in [0.3, 0.4) is 0 Å². The second-order valence-corrected chi connectivity index (χ2v) is 5.97. The lowest BCUT2D eigenvalue weighted by molar-refractivity contribution is -0.122. The number of nitrogens with one attached hydrogen (secondary N) is 2. The van der Waals surface area contributed by atoms with Crippen molar-refractivity contribution in [2.75, 3.05) is 39.5 Å². The molecule has 21 heavy (non-hydrogen) atoms. The molecule has 0 aromatic carbocycles. The molecular weight excluding hydrogens is 268 g/mol. The zero-order valence-corrected chi connectivity index (χ0v) is 14.2. The third-order valence-corrected chi connectivity index (χ3v) is 2.90. The topological polar surface area (TPSA) is 59.6 Å². The van der Waals surface area contributed by atoms with Gasteiger partial charge >= 0.3 is 0 Å². The molecule has 126 valence electrons. The molecule has 0 aliphatic rings. The van der Waals surface area contributed by atoms with Crippen LogP contribution in [-0.4, -0.2) is 51.5 Å². The minimum Gasteiger partial charge on any atom is -0.381 e. The number of amides is 1. The molecule has 0 unspecified atom stereocenters. The molecule has 5 heteroatoms. The SMILES string of the molecule is CC(C)CCOCCC(=O)NCCCOCCNC(C)C. The van der Waals surface area contributed by atoms with E-state index in [2.05, 4.69) is 38.3 Å². The normalized spacial score (nSPS) is 11.3. The van der Waals surface area contributed by atoms with E-state index in [4.69, 9.17) is 9.47 Å². The molecule has 0 spiro atoms. The minimum absolute atomic E-state index is 0.0565. The summed E-state index contributed by atoms with van der Waals surface area (Å²) in [7, 11) is 0. The van der Waals surface area contributed by atoms with Crippen LogP contribution < -0.4 is 10.6 Å². The molecule has 1 amide bonds. The summed E-state index contributed by atoms with van der Waals surface area (Å²) >= 11 is 0. The van der Waals surface area contributed by atoms with Gasteiger partial charge in [-0.15, -0.1) is 0 Å². The number of ether oxygens (including phenoxy) is 2. The first-order chi connectivity index (χ1) is 10.0. The van der Waals surface area contributed by atoms with Crippen LogP contribution in [0.4, 0.5) is 0 Å². The molecule has 5 nitrogen and oxygen atoms in total. The number of rotatable bonds is 14. The average Bonchev–Trinajstić information content (AvgIpc) is 2.40. The molecule has 0 aliphatic carbocycles. The van der Waals surface area contributed by atoms with Gasteiger partial charge in [0.1, 0.15) is 0 Å². The quantitative estimate of drug-likeness (QED) is 0.482. The lowest BCUT2D eigenvalue weighted by atomic mass is 10.1. The van der Waals surface area contributed by atoms with Crippen molar-refractivity contribution in [1.82, 2.24) is 10.6 Å². The number of hydrogen-bond donors (Lipinski definition) is 2. The first-order valence-electron chi connectivity index (χ1n) is 8.18. The standard InChI is InChI=1S/C16H34N2O3/c1-14(2)6-11-21-12-7-16(19)18-8-5-10-20-13-9-17-15(3)4/h14-15,17H,5-13H2,1-4H3,(H,18,19). The van der Waals surface area contributed by atoms with E-state index in [1.807, 2.05) is 0 Å². The zero-order chi connectivity index (χ0) is 15.9. The van der Waals surface area contributed by atoms with Gasteiger partial charge in [-0.3, -0.25) is 4.79 Å². The maximum atomic E-state index is 11.5.